The van der Waals surface area contributed by atoms with E-state index in [1.54, 1.807) is 6.92 Å². The number of hydrogen-bond donors (Lipinski definition) is 0. The molecule has 0 bridgehead atoms. The van der Waals surface area contributed by atoms with Crippen molar-refractivity contribution in [3.63, 3.8) is 0 Å². The molecule has 0 spiro atoms. The highest BCUT2D eigenvalue weighted by molar-refractivity contribution is 8.22. The lowest BCUT2D eigenvalue weighted by Gasteiger charge is -2.24. The van der Waals surface area contributed by atoms with Gasteiger partial charge < -0.3 is 4.90 Å². The fourth-order valence-electron chi connectivity index (χ4n) is 1.34. The molecule has 6 heteroatoms. The molecule has 0 aliphatic rings. The molecule has 0 aromatic heterocycles. The fourth-order valence-corrected chi connectivity index (χ4v) is 2.59. The van der Waals surface area contributed by atoms with Gasteiger partial charge in [-0.25, -0.2) is 0 Å². The van der Waals surface area contributed by atoms with Crippen molar-refractivity contribution in [3.8, 4) is 0 Å². The number of hydrogen-bond acceptors (Lipinski definition) is 4. The van der Waals surface area contributed by atoms with Crippen molar-refractivity contribution < 1.29 is 4.92 Å². The summed E-state index contributed by atoms with van der Waals surface area (Å²) in [4.78, 5) is 12.5. The first kappa shape index (κ1) is 17.6. The Morgan fingerprint density at radius 3 is 2.22 bits per heavy atom. The quantitative estimate of drug-likeness (QED) is 0.369. The summed E-state index contributed by atoms with van der Waals surface area (Å²) in [6.07, 6.45) is 4.52. The molecule has 0 saturated carbocycles. The number of unbranched alkanes of at least 4 members (excludes halogenated alkanes) is 2. The van der Waals surface area contributed by atoms with Crippen molar-refractivity contribution in [3.05, 3.63) is 10.1 Å². The van der Waals surface area contributed by atoms with Gasteiger partial charge in [0.2, 0.25) is 6.04 Å². The monoisotopic (exact) mass is 292 g/mol. The third kappa shape index (κ3) is 7.87. The number of thioether (sulfide) groups is 1. The average Bonchev–Trinajstić information content (AvgIpc) is 2.35. The zero-order chi connectivity index (χ0) is 14.0. The summed E-state index contributed by atoms with van der Waals surface area (Å²) in [5.41, 5.74) is 0. The Morgan fingerprint density at radius 1 is 1.33 bits per heavy atom. The standard InChI is InChI=1S/C12H24N2O2S2/c1-4-6-8-13(9-7-5-2)12(17)18-10-11(3)14(15)16/h11H,4-10H2,1-3H3. The molecule has 0 aromatic rings. The van der Waals surface area contributed by atoms with Crippen LogP contribution in [0.5, 0.6) is 0 Å². The molecule has 0 saturated heterocycles. The van der Waals surface area contributed by atoms with Crippen molar-refractivity contribution in [2.24, 2.45) is 0 Å². The fraction of sp³-hybridized carbons (Fsp3) is 0.917. The number of rotatable bonds is 9. The van der Waals surface area contributed by atoms with Crippen molar-refractivity contribution in [2.75, 3.05) is 18.8 Å². The van der Waals surface area contributed by atoms with E-state index in [9.17, 15) is 10.1 Å². The van der Waals surface area contributed by atoms with Crippen LogP contribution in [0.1, 0.15) is 46.5 Å². The van der Waals surface area contributed by atoms with Gasteiger partial charge >= 0.3 is 0 Å². The maximum absolute atomic E-state index is 10.6. The molecule has 1 unspecified atom stereocenters. The lowest BCUT2D eigenvalue weighted by atomic mass is 10.3. The molecule has 0 fully saturated rings. The molecule has 0 N–H and O–H groups in total. The maximum atomic E-state index is 10.6. The molecule has 0 aromatic carbocycles. The summed E-state index contributed by atoms with van der Waals surface area (Å²) in [5, 5.41) is 10.6. The lowest BCUT2D eigenvalue weighted by Crippen LogP contribution is -2.31. The first-order valence-corrected chi connectivity index (χ1v) is 7.97. The van der Waals surface area contributed by atoms with Gasteiger partial charge in [0.15, 0.2) is 0 Å². The van der Waals surface area contributed by atoms with E-state index in [0.29, 0.717) is 5.75 Å². The first-order valence-electron chi connectivity index (χ1n) is 6.58. The van der Waals surface area contributed by atoms with Crippen LogP contribution in [0.25, 0.3) is 0 Å². The van der Waals surface area contributed by atoms with Gasteiger partial charge in [-0.3, -0.25) is 10.1 Å². The second-order valence-electron chi connectivity index (χ2n) is 4.41. The number of nitro groups is 1. The van der Waals surface area contributed by atoms with Gasteiger partial charge in [-0.2, -0.15) is 0 Å². The average molecular weight is 292 g/mol. The minimum absolute atomic E-state index is 0.252. The molecular formula is C12H24N2O2S2. The summed E-state index contributed by atoms with van der Waals surface area (Å²) in [6.45, 7) is 7.87. The largest absolute Gasteiger partial charge is 0.358 e. The maximum Gasteiger partial charge on any atom is 0.219 e. The number of nitrogens with zero attached hydrogens (tertiary/aromatic N) is 2. The lowest BCUT2D eigenvalue weighted by molar-refractivity contribution is -0.511. The summed E-state index contributed by atoms with van der Waals surface area (Å²) >= 11 is 6.81. The molecule has 0 amide bonds. The van der Waals surface area contributed by atoms with Crippen LogP contribution in [0.4, 0.5) is 0 Å². The van der Waals surface area contributed by atoms with Gasteiger partial charge in [0.25, 0.3) is 0 Å². The van der Waals surface area contributed by atoms with Gasteiger partial charge in [0, 0.05) is 24.9 Å². The normalized spacial score (nSPS) is 12.2. The van der Waals surface area contributed by atoms with E-state index in [1.807, 2.05) is 0 Å². The van der Waals surface area contributed by atoms with Crippen LogP contribution < -0.4 is 0 Å². The molecule has 0 aliphatic carbocycles. The van der Waals surface area contributed by atoms with E-state index in [1.165, 1.54) is 11.8 Å². The Morgan fingerprint density at radius 2 is 1.83 bits per heavy atom. The minimum Gasteiger partial charge on any atom is -0.358 e. The van der Waals surface area contributed by atoms with Gasteiger partial charge in [0.05, 0.1) is 5.75 Å². The predicted molar refractivity (Wildman–Crippen MR) is 82.9 cm³/mol. The second-order valence-corrected chi connectivity index (χ2v) is 6.06. The molecule has 18 heavy (non-hydrogen) atoms. The van der Waals surface area contributed by atoms with Gasteiger partial charge in [-0.05, 0) is 12.8 Å². The van der Waals surface area contributed by atoms with Crippen molar-refractivity contribution in [1.29, 1.82) is 0 Å². The van der Waals surface area contributed by atoms with E-state index in [0.717, 1.165) is 43.1 Å². The van der Waals surface area contributed by atoms with Crippen LogP contribution in [-0.2, 0) is 0 Å². The molecule has 4 nitrogen and oxygen atoms in total. The van der Waals surface area contributed by atoms with Crippen molar-refractivity contribution in [1.82, 2.24) is 4.90 Å². The van der Waals surface area contributed by atoms with E-state index in [4.69, 9.17) is 12.2 Å². The smallest absolute Gasteiger partial charge is 0.219 e. The zero-order valence-electron chi connectivity index (χ0n) is 11.6. The van der Waals surface area contributed by atoms with Crippen LogP contribution in [-0.4, -0.2) is 39.0 Å². The topological polar surface area (TPSA) is 46.4 Å². The highest BCUT2D eigenvalue weighted by Gasteiger charge is 2.16. The first-order chi connectivity index (χ1) is 8.52. The summed E-state index contributed by atoms with van der Waals surface area (Å²) in [6, 6.07) is -0.535. The van der Waals surface area contributed by atoms with E-state index >= 15 is 0 Å². The Hall–Kier alpha value is -0.360. The van der Waals surface area contributed by atoms with E-state index < -0.39 is 6.04 Å². The third-order valence-corrected chi connectivity index (χ3v) is 4.40. The number of thiocarbonyl (C=S) groups is 1. The van der Waals surface area contributed by atoms with Crippen LogP contribution in [0.2, 0.25) is 0 Å². The SMILES string of the molecule is CCCCN(CCCC)C(=S)SCC(C)[N+](=O)[O-]. The van der Waals surface area contributed by atoms with E-state index in [2.05, 4.69) is 18.7 Å². The van der Waals surface area contributed by atoms with Crippen LogP contribution in [0, 0.1) is 10.1 Å². The van der Waals surface area contributed by atoms with Crippen molar-refractivity contribution in [2.45, 2.75) is 52.5 Å². The van der Waals surface area contributed by atoms with Crippen molar-refractivity contribution >= 4 is 28.3 Å². The predicted octanol–water partition coefficient (Wildman–Crippen LogP) is 3.57. The van der Waals surface area contributed by atoms with E-state index in [-0.39, 0.29) is 4.92 Å². The Kier molecular flexibility index (Phi) is 10.3. The zero-order valence-corrected chi connectivity index (χ0v) is 13.2. The van der Waals surface area contributed by atoms with Crippen LogP contribution in [0.3, 0.4) is 0 Å². The van der Waals surface area contributed by atoms with Gasteiger partial charge in [0.1, 0.15) is 4.32 Å². The van der Waals surface area contributed by atoms with Gasteiger partial charge in [-0.15, -0.1) is 0 Å². The molecule has 1 atom stereocenters. The summed E-state index contributed by atoms with van der Waals surface area (Å²) < 4.78 is 0.811. The van der Waals surface area contributed by atoms with Crippen LogP contribution >= 0.6 is 24.0 Å². The Labute approximate surface area is 120 Å². The Balaban J connectivity index is 4.14. The summed E-state index contributed by atoms with van der Waals surface area (Å²) in [7, 11) is 0. The Bertz CT molecular complexity index is 254. The summed E-state index contributed by atoms with van der Waals surface area (Å²) in [5.74, 6) is 0.459. The molecule has 106 valence electrons. The third-order valence-electron chi connectivity index (χ3n) is 2.63. The molecule has 0 rings (SSSR count). The molecule has 0 heterocycles. The highest BCUT2D eigenvalue weighted by atomic mass is 32.2. The second kappa shape index (κ2) is 10.6. The van der Waals surface area contributed by atoms with Crippen LogP contribution in [0.15, 0.2) is 0 Å². The molecule has 0 radical (unpaired) electrons. The molecule has 0 aliphatic heterocycles. The minimum atomic E-state index is -0.535. The highest BCUT2D eigenvalue weighted by Crippen LogP contribution is 2.14. The van der Waals surface area contributed by atoms with Gasteiger partial charge in [-0.1, -0.05) is 50.7 Å². The molecular weight excluding hydrogens is 268 g/mol.